The van der Waals surface area contributed by atoms with Gasteiger partial charge in [0.15, 0.2) is 0 Å². The van der Waals surface area contributed by atoms with Gasteiger partial charge in [0.2, 0.25) is 0 Å². The summed E-state index contributed by atoms with van der Waals surface area (Å²) in [6.45, 7) is 4.15. The van der Waals surface area contributed by atoms with Crippen molar-refractivity contribution in [3.05, 3.63) is 52.8 Å². The van der Waals surface area contributed by atoms with Crippen molar-refractivity contribution in [1.29, 1.82) is 0 Å². The van der Waals surface area contributed by atoms with E-state index in [1.807, 2.05) is 13.1 Å². The number of nitrogens with zero attached hydrogens (tertiary/aromatic N) is 2. The molecule has 1 atom stereocenters. The monoisotopic (exact) mass is 230 g/mol. The predicted octanol–water partition coefficient (Wildman–Crippen LogP) is 2.31. The first-order valence-electron chi connectivity index (χ1n) is 5.79. The van der Waals surface area contributed by atoms with E-state index < -0.39 is 6.10 Å². The van der Waals surface area contributed by atoms with Crippen molar-refractivity contribution >= 4 is 0 Å². The molecule has 1 unspecified atom stereocenters. The maximum Gasteiger partial charge on any atom is 0.0996 e. The summed E-state index contributed by atoms with van der Waals surface area (Å²) in [4.78, 5) is 0. The van der Waals surface area contributed by atoms with Crippen LogP contribution in [-0.4, -0.2) is 14.9 Å². The first kappa shape index (κ1) is 11.9. The molecule has 3 heteroatoms. The first-order valence-corrected chi connectivity index (χ1v) is 5.79. The smallest absolute Gasteiger partial charge is 0.0996 e. The molecule has 3 nitrogen and oxygen atoms in total. The SMILES string of the molecule is Cc1cc(C)cc(CC(O)c2ccnn2C)c1. The molecular formula is C14H18N2O. The third-order valence-corrected chi connectivity index (χ3v) is 2.91. The Morgan fingerprint density at radius 3 is 2.41 bits per heavy atom. The minimum absolute atomic E-state index is 0.497. The zero-order valence-electron chi connectivity index (χ0n) is 10.5. The van der Waals surface area contributed by atoms with E-state index in [1.54, 1.807) is 10.9 Å². The van der Waals surface area contributed by atoms with Crippen LogP contribution in [0.3, 0.4) is 0 Å². The number of aliphatic hydroxyl groups is 1. The molecule has 0 fully saturated rings. The van der Waals surface area contributed by atoms with Crippen molar-refractivity contribution in [2.45, 2.75) is 26.4 Å². The Balaban J connectivity index is 2.18. The van der Waals surface area contributed by atoms with Gasteiger partial charge in [0.05, 0.1) is 11.8 Å². The fraction of sp³-hybridized carbons (Fsp3) is 0.357. The quantitative estimate of drug-likeness (QED) is 0.878. The molecule has 1 N–H and O–H groups in total. The van der Waals surface area contributed by atoms with Gasteiger partial charge in [-0.2, -0.15) is 5.10 Å². The van der Waals surface area contributed by atoms with E-state index in [1.165, 1.54) is 11.1 Å². The number of aliphatic hydroxyl groups excluding tert-OH is 1. The molecule has 0 spiro atoms. The molecule has 0 radical (unpaired) electrons. The third kappa shape index (κ3) is 2.74. The fourth-order valence-electron chi connectivity index (χ4n) is 2.23. The Bertz CT molecular complexity index is 496. The molecule has 1 aromatic carbocycles. The number of benzene rings is 1. The lowest BCUT2D eigenvalue weighted by molar-refractivity contribution is 0.168. The Labute approximate surface area is 102 Å². The van der Waals surface area contributed by atoms with Gasteiger partial charge in [-0.3, -0.25) is 4.68 Å². The summed E-state index contributed by atoms with van der Waals surface area (Å²) in [7, 11) is 1.85. The zero-order chi connectivity index (χ0) is 12.4. The highest BCUT2D eigenvalue weighted by atomic mass is 16.3. The normalized spacial score (nSPS) is 12.7. The van der Waals surface area contributed by atoms with E-state index in [4.69, 9.17) is 0 Å². The summed E-state index contributed by atoms with van der Waals surface area (Å²) in [6.07, 6.45) is 1.84. The van der Waals surface area contributed by atoms with Crippen LogP contribution in [0.1, 0.15) is 28.5 Å². The van der Waals surface area contributed by atoms with Gasteiger partial charge in [0, 0.05) is 19.7 Å². The third-order valence-electron chi connectivity index (χ3n) is 2.91. The van der Waals surface area contributed by atoms with Gasteiger partial charge >= 0.3 is 0 Å². The van der Waals surface area contributed by atoms with Gasteiger partial charge in [-0.25, -0.2) is 0 Å². The molecule has 0 aliphatic carbocycles. The summed E-state index contributed by atoms with van der Waals surface area (Å²) in [5.74, 6) is 0. The minimum Gasteiger partial charge on any atom is -0.386 e. The summed E-state index contributed by atoms with van der Waals surface area (Å²) in [6, 6.07) is 8.23. The van der Waals surface area contributed by atoms with Crippen LogP contribution in [-0.2, 0) is 13.5 Å². The van der Waals surface area contributed by atoms with Gasteiger partial charge in [-0.15, -0.1) is 0 Å². The summed E-state index contributed by atoms with van der Waals surface area (Å²) in [5, 5.41) is 14.2. The van der Waals surface area contributed by atoms with Crippen LogP contribution in [0.5, 0.6) is 0 Å². The van der Waals surface area contributed by atoms with Crippen LogP contribution in [0.2, 0.25) is 0 Å². The van der Waals surface area contributed by atoms with Crippen LogP contribution in [0, 0.1) is 13.8 Å². The van der Waals surface area contributed by atoms with Crippen molar-refractivity contribution in [1.82, 2.24) is 9.78 Å². The molecule has 2 rings (SSSR count). The van der Waals surface area contributed by atoms with E-state index in [0.717, 1.165) is 11.3 Å². The Hall–Kier alpha value is -1.61. The average Bonchev–Trinajstić information content (AvgIpc) is 2.62. The zero-order valence-corrected chi connectivity index (χ0v) is 10.5. The largest absolute Gasteiger partial charge is 0.386 e. The molecule has 1 heterocycles. The second kappa shape index (κ2) is 4.72. The van der Waals surface area contributed by atoms with Gasteiger partial charge in [-0.05, 0) is 25.5 Å². The molecule has 0 amide bonds. The van der Waals surface area contributed by atoms with Gasteiger partial charge in [0.1, 0.15) is 0 Å². The van der Waals surface area contributed by atoms with Gasteiger partial charge < -0.3 is 5.11 Å². The highest BCUT2D eigenvalue weighted by molar-refractivity contribution is 5.29. The lowest BCUT2D eigenvalue weighted by atomic mass is 10.0. The van der Waals surface area contributed by atoms with Crippen LogP contribution in [0.4, 0.5) is 0 Å². The van der Waals surface area contributed by atoms with Crippen LogP contribution < -0.4 is 0 Å². The van der Waals surface area contributed by atoms with E-state index in [0.29, 0.717) is 6.42 Å². The van der Waals surface area contributed by atoms with Crippen molar-refractivity contribution in [2.75, 3.05) is 0 Å². The predicted molar refractivity (Wildman–Crippen MR) is 67.8 cm³/mol. The molecule has 0 saturated heterocycles. The molecule has 90 valence electrons. The molecule has 17 heavy (non-hydrogen) atoms. The fourth-order valence-corrected chi connectivity index (χ4v) is 2.23. The number of hydrogen-bond acceptors (Lipinski definition) is 2. The van der Waals surface area contributed by atoms with Crippen molar-refractivity contribution in [2.24, 2.45) is 7.05 Å². The lowest BCUT2D eigenvalue weighted by Gasteiger charge is -2.12. The van der Waals surface area contributed by atoms with E-state index in [9.17, 15) is 5.11 Å². The maximum absolute atomic E-state index is 10.2. The van der Waals surface area contributed by atoms with Crippen LogP contribution >= 0.6 is 0 Å². The molecular weight excluding hydrogens is 212 g/mol. The summed E-state index contributed by atoms with van der Waals surface area (Å²) >= 11 is 0. The molecule has 0 aliphatic heterocycles. The molecule has 0 saturated carbocycles. The van der Waals surface area contributed by atoms with E-state index >= 15 is 0 Å². The van der Waals surface area contributed by atoms with Crippen molar-refractivity contribution < 1.29 is 5.11 Å². The second-order valence-corrected chi connectivity index (χ2v) is 4.60. The summed E-state index contributed by atoms with van der Waals surface area (Å²) in [5.41, 5.74) is 4.48. The van der Waals surface area contributed by atoms with Crippen molar-refractivity contribution in [3.63, 3.8) is 0 Å². The first-order chi connectivity index (χ1) is 8.06. The highest BCUT2D eigenvalue weighted by Crippen LogP contribution is 2.19. The number of hydrogen-bond donors (Lipinski definition) is 1. The van der Waals surface area contributed by atoms with E-state index in [2.05, 4.69) is 37.1 Å². The topological polar surface area (TPSA) is 38.1 Å². The molecule has 0 aliphatic rings. The molecule has 1 aromatic heterocycles. The number of aryl methyl sites for hydroxylation is 3. The maximum atomic E-state index is 10.2. The minimum atomic E-state index is -0.497. The Morgan fingerprint density at radius 2 is 1.88 bits per heavy atom. The number of rotatable bonds is 3. The van der Waals surface area contributed by atoms with Gasteiger partial charge in [-0.1, -0.05) is 29.3 Å². The summed E-state index contributed by atoms with van der Waals surface area (Å²) < 4.78 is 1.72. The van der Waals surface area contributed by atoms with Crippen LogP contribution in [0.15, 0.2) is 30.5 Å². The molecule has 0 bridgehead atoms. The standard InChI is InChI=1S/C14H18N2O/c1-10-6-11(2)8-12(7-10)9-14(17)13-4-5-15-16(13)3/h4-8,14,17H,9H2,1-3H3. The Morgan fingerprint density at radius 1 is 1.24 bits per heavy atom. The lowest BCUT2D eigenvalue weighted by Crippen LogP contribution is -2.08. The number of aromatic nitrogens is 2. The van der Waals surface area contributed by atoms with Gasteiger partial charge in [0.25, 0.3) is 0 Å². The van der Waals surface area contributed by atoms with Crippen LogP contribution in [0.25, 0.3) is 0 Å². The Kier molecular flexibility index (Phi) is 3.29. The average molecular weight is 230 g/mol. The highest BCUT2D eigenvalue weighted by Gasteiger charge is 2.12. The van der Waals surface area contributed by atoms with Crippen molar-refractivity contribution in [3.8, 4) is 0 Å². The van der Waals surface area contributed by atoms with E-state index in [-0.39, 0.29) is 0 Å². The second-order valence-electron chi connectivity index (χ2n) is 4.60. The molecule has 2 aromatic rings.